The topological polar surface area (TPSA) is 25.8 Å². The van der Waals surface area contributed by atoms with E-state index in [4.69, 9.17) is 4.11 Å². The highest BCUT2D eigenvalue weighted by Crippen LogP contribution is 2.21. The second-order valence-electron chi connectivity index (χ2n) is 5.96. The molecule has 0 atom stereocenters. The first kappa shape index (κ1) is 10.3. The van der Waals surface area contributed by atoms with E-state index >= 15 is 0 Å². The second kappa shape index (κ2) is 4.89. The Morgan fingerprint density at radius 2 is 1.89 bits per heavy atom. The monoisotopic (exact) mass is 273 g/mol. The highest BCUT2D eigenvalue weighted by molar-refractivity contribution is 6.89. The molecule has 2 rings (SSSR count). The van der Waals surface area contributed by atoms with Crippen molar-refractivity contribution in [1.82, 2.24) is 9.97 Å². The van der Waals surface area contributed by atoms with Crippen LogP contribution in [0.15, 0.2) is 24.4 Å². The maximum atomic E-state index is 7.44. The Bertz CT molecular complexity index is 704. The van der Waals surface area contributed by atoms with E-state index in [1.807, 2.05) is 13.1 Å². The van der Waals surface area contributed by atoms with Crippen molar-refractivity contribution < 1.29 is 4.11 Å². The third-order valence-corrected chi connectivity index (χ3v) is 5.42. The molecule has 0 aromatic carbocycles. The third kappa shape index (κ3) is 2.92. The van der Waals surface area contributed by atoms with Crippen molar-refractivity contribution in [3.05, 3.63) is 41.3 Å². The van der Waals surface area contributed by atoms with Crippen LogP contribution in [-0.2, 0) is 0 Å². The number of pyridine rings is 2. The lowest BCUT2D eigenvalue weighted by Gasteiger charge is -2.19. The number of aryl methyl sites for hydroxylation is 3. The minimum Gasteiger partial charge on any atom is -0.258 e. The van der Waals surface area contributed by atoms with Gasteiger partial charge in [0.25, 0.3) is 0 Å². The molecule has 19 heavy (non-hydrogen) atoms. The Hall–Kier alpha value is -1.48. The standard InChI is InChI=1S/C16H22N2Si/c1-11-9-15(17-10-16(11)19(4,5)6)14-8-7-12(2)18-13(14)3/h7-10H,1-6H3/i2D3. The largest absolute Gasteiger partial charge is 0.258 e. The molecule has 2 aromatic rings. The van der Waals surface area contributed by atoms with E-state index in [-0.39, 0.29) is 5.69 Å². The summed E-state index contributed by atoms with van der Waals surface area (Å²) in [5, 5.41) is 1.35. The van der Waals surface area contributed by atoms with Gasteiger partial charge in [-0.05, 0) is 49.6 Å². The summed E-state index contributed by atoms with van der Waals surface area (Å²) in [7, 11) is -1.40. The quantitative estimate of drug-likeness (QED) is 0.781. The zero-order valence-corrected chi connectivity index (χ0v) is 13.2. The van der Waals surface area contributed by atoms with Crippen LogP contribution in [0.5, 0.6) is 0 Å². The summed E-state index contributed by atoms with van der Waals surface area (Å²) < 4.78 is 22.3. The molecule has 2 nitrogen and oxygen atoms in total. The fraction of sp³-hybridized carbons (Fsp3) is 0.375. The van der Waals surface area contributed by atoms with Gasteiger partial charge in [-0.3, -0.25) is 9.97 Å². The van der Waals surface area contributed by atoms with Gasteiger partial charge in [0.2, 0.25) is 0 Å². The van der Waals surface area contributed by atoms with E-state index < -0.39 is 14.9 Å². The Morgan fingerprint density at radius 1 is 1.16 bits per heavy atom. The lowest BCUT2D eigenvalue weighted by Crippen LogP contribution is -2.39. The highest BCUT2D eigenvalue weighted by atomic mass is 28.3. The van der Waals surface area contributed by atoms with E-state index in [2.05, 4.69) is 42.6 Å². The first-order chi connectivity index (χ1) is 10.00. The molecule has 0 amide bonds. The molecule has 0 aliphatic heterocycles. The molecule has 0 fully saturated rings. The first-order valence-corrected chi connectivity index (χ1v) is 9.96. The van der Waals surface area contributed by atoms with Gasteiger partial charge in [0.15, 0.2) is 0 Å². The Balaban J connectivity index is 2.47. The Morgan fingerprint density at radius 3 is 2.42 bits per heavy atom. The second-order valence-corrected chi connectivity index (χ2v) is 11.0. The molecule has 2 aromatic heterocycles. The number of nitrogens with zero attached hydrogens (tertiary/aromatic N) is 2. The predicted octanol–water partition coefficient (Wildman–Crippen LogP) is 3.61. The van der Waals surface area contributed by atoms with Crippen LogP contribution in [0.2, 0.25) is 19.6 Å². The van der Waals surface area contributed by atoms with Gasteiger partial charge in [-0.25, -0.2) is 0 Å². The Kier molecular flexibility index (Phi) is 2.66. The number of hydrogen-bond donors (Lipinski definition) is 0. The van der Waals surface area contributed by atoms with Crippen molar-refractivity contribution >= 4 is 13.3 Å². The van der Waals surface area contributed by atoms with Crippen molar-refractivity contribution in [3.8, 4) is 11.3 Å². The fourth-order valence-corrected chi connectivity index (χ4v) is 4.03. The average Bonchev–Trinajstić information content (AvgIpc) is 2.35. The van der Waals surface area contributed by atoms with Crippen LogP contribution in [0.4, 0.5) is 0 Å². The van der Waals surface area contributed by atoms with Gasteiger partial charge in [-0.2, -0.15) is 0 Å². The summed E-state index contributed by atoms with van der Waals surface area (Å²) in [6, 6.07) is 5.45. The van der Waals surface area contributed by atoms with Crippen LogP contribution < -0.4 is 5.19 Å². The minimum absolute atomic E-state index is 0.129. The van der Waals surface area contributed by atoms with Crippen molar-refractivity contribution in [3.63, 3.8) is 0 Å². The molecule has 0 spiro atoms. The lowest BCUT2D eigenvalue weighted by atomic mass is 10.1. The van der Waals surface area contributed by atoms with Crippen LogP contribution in [0.3, 0.4) is 0 Å². The molecule has 100 valence electrons. The molecule has 3 heteroatoms. The van der Waals surface area contributed by atoms with E-state index in [1.54, 1.807) is 12.1 Å². The van der Waals surface area contributed by atoms with Crippen LogP contribution in [0.25, 0.3) is 11.3 Å². The summed E-state index contributed by atoms with van der Waals surface area (Å²) >= 11 is 0. The van der Waals surface area contributed by atoms with Gasteiger partial charge < -0.3 is 0 Å². The van der Waals surface area contributed by atoms with E-state index in [0.717, 1.165) is 11.3 Å². The molecular weight excluding hydrogens is 248 g/mol. The van der Waals surface area contributed by atoms with Crippen LogP contribution >= 0.6 is 0 Å². The molecule has 0 saturated heterocycles. The summed E-state index contributed by atoms with van der Waals surface area (Å²) in [6.45, 7) is 8.67. The van der Waals surface area contributed by atoms with Gasteiger partial charge in [-0.1, -0.05) is 19.6 Å². The van der Waals surface area contributed by atoms with Crippen LogP contribution in [0, 0.1) is 20.7 Å². The molecule has 0 bridgehead atoms. The maximum absolute atomic E-state index is 7.44. The number of rotatable bonds is 2. The van der Waals surface area contributed by atoms with Gasteiger partial charge in [0.1, 0.15) is 0 Å². The predicted molar refractivity (Wildman–Crippen MR) is 84.7 cm³/mol. The van der Waals surface area contributed by atoms with Gasteiger partial charge in [-0.15, -0.1) is 0 Å². The molecule has 2 heterocycles. The van der Waals surface area contributed by atoms with E-state index in [9.17, 15) is 0 Å². The molecule has 0 N–H and O–H groups in total. The van der Waals surface area contributed by atoms with Crippen molar-refractivity contribution in [1.29, 1.82) is 0 Å². The lowest BCUT2D eigenvalue weighted by molar-refractivity contribution is 1.12. The zero-order valence-electron chi connectivity index (χ0n) is 15.2. The zero-order chi connectivity index (χ0) is 16.7. The molecule has 0 radical (unpaired) electrons. The summed E-state index contributed by atoms with van der Waals surface area (Å²) in [5.74, 6) is 0. The minimum atomic E-state index is -2.17. The third-order valence-electron chi connectivity index (χ3n) is 3.28. The fourth-order valence-electron chi connectivity index (χ4n) is 2.32. The number of aromatic nitrogens is 2. The maximum Gasteiger partial charge on any atom is 0.0799 e. The molecule has 0 aliphatic carbocycles. The summed E-state index contributed by atoms with van der Waals surface area (Å²) in [4.78, 5) is 8.81. The van der Waals surface area contributed by atoms with Crippen molar-refractivity contribution in [2.45, 2.75) is 40.3 Å². The van der Waals surface area contributed by atoms with Crippen molar-refractivity contribution in [2.24, 2.45) is 0 Å². The van der Waals surface area contributed by atoms with E-state index in [0.29, 0.717) is 5.69 Å². The number of hydrogen-bond acceptors (Lipinski definition) is 2. The first-order valence-electron chi connectivity index (χ1n) is 7.96. The summed E-state index contributed by atoms with van der Waals surface area (Å²) in [5.41, 5.74) is 3.80. The molecular formula is C16H22N2Si. The highest BCUT2D eigenvalue weighted by Gasteiger charge is 2.19. The smallest absolute Gasteiger partial charge is 0.0799 e. The SMILES string of the molecule is [2H]C([2H])([2H])c1ccc(-c2cc(C)c([Si](C)(C)C)cn2)c(C)n1. The van der Waals surface area contributed by atoms with Crippen LogP contribution in [0.1, 0.15) is 21.1 Å². The van der Waals surface area contributed by atoms with Gasteiger partial charge >= 0.3 is 0 Å². The van der Waals surface area contributed by atoms with Gasteiger partial charge in [0, 0.05) is 27.3 Å². The van der Waals surface area contributed by atoms with Gasteiger partial charge in [0.05, 0.1) is 13.8 Å². The molecule has 0 saturated carbocycles. The Labute approximate surface area is 121 Å². The molecule has 0 aliphatic rings. The average molecular weight is 273 g/mol. The summed E-state index contributed by atoms with van der Waals surface area (Å²) in [6.07, 6.45) is 1.97. The normalized spacial score (nSPS) is 14.7. The van der Waals surface area contributed by atoms with E-state index in [1.165, 1.54) is 10.8 Å². The van der Waals surface area contributed by atoms with Crippen molar-refractivity contribution in [2.75, 3.05) is 0 Å². The van der Waals surface area contributed by atoms with Crippen LogP contribution in [-0.4, -0.2) is 18.0 Å². The molecule has 0 unspecified atom stereocenters.